The lowest BCUT2D eigenvalue weighted by Crippen LogP contribution is -2.31. The van der Waals surface area contributed by atoms with Gasteiger partial charge in [-0.3, -0.25) is 14.3 Å². The first-order valence-corrected chi connectivity index (χ1v) is 7.29. The van der Waals surface area contributed by atoms with E-state index in [1.807, 2.05) is 0 Å². The van der Waals surface area contributed by atoms with Gasteiger partial charge in [0.1, 0.15) is 0 Å². The molecule has 2 rings (SSSR count). The lowest BCUT2D eigenvalue weighted by Gasteiger charge is -2.00. The van der Waals surface area contributed by atoms with Gasteiger partial charge >= 0.3 is 0 Å². The van der Waals surface area contributed by atoms with Crippen molar-refractivity contribution in [2.45, 2.75) is 6.67 Å². The highest BCUT2D eigenvalue weighted by Crippen LogP contribution is 2.03. The van der Waals surface area contributed by atoms with Gasteiger partial charge in [-0.15, -0.1) is 10.2 Å². The molecule has 0 aliphatic heterocycles. The first-order chi connectivity index (χ1) is 11.1. The number of amides is 2. The van der Waals surface area contributed by atoms with Gasteiger partial charge < -0.3 is 16.0 Å². The second kappa shape index (κ2) is 8.21. The van der Waals surface area contributed by atoms with Crippen molar-refractivity contribution in [1.29, 1.82) is 0 Å². The molecule has 124 valence electrons. The molecule has 0 saturated carbocycles. The van der Waals surface area contributed by atoms with E-state index in [9.17, 15) is 9.59 Å². The molecule has 12 nitrogen and oxygen atoms in total. The maximum absolute atomic E-state index is 11.9. The molecule has 0 spiro atoms. The summed E-state index contributed by atoms with van der Waals surface area (Å²) in [5.41, 5.74) is 0.307. The Morgan fingerprint density at radius 2 is 1.83 bits per heavy atom. The van der Waals surface area contributed by atoms with Crippen LogP contribution in [0.2, 0.25) is 0 Å². The summed E-state index contributed by atoms with van der Waals surface area (Å²) in [6, 6.07) is 0. The van der Waals surface area contributed by atoms with E-state index >= 15 is 0 Å². The van der Waals surface area contributed by atoms with Crippen LogP contribution in [0.15, 0.2) is 12.4 Å². The minimum absolute atomic E-state index is 0.141. The third-order valence-corrected chi connectivity index (χ3v) is 3.10. The molecule has 4 N–H and O–H groups in total. The normalized spacial score (nSPS) is 10.5. The summed E-state index contributed by atoms with van der Waals surface area (Å²) in [6.07, 6.45) is 2.90. The van der Waals surface area contributed by atoms with Gasteiger partial charge in [-0.2, -0.15) is 4.09 Å². The van der Waals surface area contributed by atoms with Crippen LogP contribution in [0.1, 0.15) is 21.0 Å². The molecular formula is C10H16N10O2S. The van der Waals surface area contributed by atoms with Crippen LogP contribution < -0.4 is 20.7 Å². The molecule has 0 aromatic carbocycles. The zero-order valence-electron chi connectivity index (χ0n) is 12.5. The van der Waals surface area contributed by atoms with Crippen LogP contribution in [-0.2, 0) is 6.67 Å². The summed E-state index contributed by atoms with van der Waals surface area (Å²) in [5, 5.41) is 23.2. The first-order valence-electron chi connectivity index (χ1n) is 6.51. The Morgan fingerprint density at radius 3 is 2.57 bits per heavy atom. The van der Waals surface area contributed by atoms with Crippen molar-refractivity contribution in [2.24, 2.45) is 0 Å². The Labute approximate surface area is 135 Å². The molecule has 23 heavy (non-hydrogen) atoms. The van der Waals surface area contributed by atoms with Gasteiger partial charge in [0.05, 0.1) is 37.9 Å². The summed E-state index contributed by atoms with van der Waals surface area (Å²) in [5.74, 6) is -0.804. The number of aromatic nitrogens is 6. The predicted molar refractivity (Wildman–Crippen MR) is 81.0 cm³/mol. The van der Waals surface area contributed by atoms with Gasteiger partial charge in [-0.1, -0.05) is 10.4 Å². The van der Waals surface area contributed by atoms with E-state index < -0.39 is 5.91 Å². The Bertz CT molecular complexity index is 668. The van der Waals surface area contributed by atoms with Gasteiger partial charge in [0.2, 0.25) is 0 Å². The number of nitrogens with one attached hydrogen (secondary N) is 4. The van der Waals surface area contributed by atoms with Crippen LogP contribution in [0.25, 0.3) is 0 Å². The van der Waals surface area contributed by atoms with Gasteiger partial charge in [0.25, 0.3) is 11.8 Å². The Kier molecular flexibility index (Phi) is 6.02. The standard InChI is InChI=1S/C10H16N10O2S/c1-11-5-13-9(21)8-4-20(18-15-8)23-16-10(22)7-3-19(6-12-2)17-14-7/h3-4,11-12H,5-6H2,1-2H3,(H,13,21)(H,16,22). The quantitative estimate of drug-likeness (QED) is 0.311. The van der Waals surface area contributed by atoms with Gasteiger partial charge in [0.15, 0.2) is 11.4 Å². The van der Waals surface area contributed by atoms with E-state index in [1.54, 1.807) is 14.1 Å². The molecule has 0 aliphatic carbocycles. The summed E-state index contributed by atoms with van der Waals surface area (Å²) >= 11 is 0.863. The molecule has 2 amide bonds. The minimum Gasteiger partial charge on any atom is -0.338 e. The number of hydrogen-bond acceptors (Lipinski definition) is 9. The van der Waals surface area contributed by atoms with Crippen molar-refractivity contribution in [1.82, 2.24) is 50.1 Å². The molecule has 0 aliphatic rings. The Hall–Kier alpha value is -2.51. The summed E-state index contributed by atoms with van der Waals surface area (Å²) < 4.78 is 5.26. The molecule has 0 radical (unpaired) electrons. The van der Waals surface area contributed by atoms with Crippen LogP contribution in [0, 0.1) is 0 Å². The van der Waals surface area contributed by atoms with Crippen LogP contribution in [0.4, 0.5) is 0 Å². The third kappa shape index (κ3) is 4.73. The van der Waals surface area contributed by atoms with E-state index in [0.29, 0.717) is 13.3 Å². The number of carbonyl (C=O) groups is 2. The molecule has 2 aromatic heterocycles. The maximum atomic E-state index is 11.9. The fourth-order valence-electron chi connectivity index (χ4n) is 1.44. The maximum Gasteiger partial charge on any atom is 0.284 e. The molecule has 0 saturated heterocycles. The van der Waals surface area contributed by atoms with Crippen LogP contribution >= 0.6 is 12.1 Å². The second-order valence-electron chi connectivity index (χ2n) is 4.22. The highest BCUT2D eigenvalue weighted by Gasteiger charge is 2.13. The van der Waals surface area contributed by atoms with Crippen LogP contribution in [0.5, 0.6) is 0 Å². The third-order valence-electron chi connectivity index (χ3n) is 2.45. The van der Waals surface area contributed by atoms with Crippen molar-refractivity contribution in [3.63, 3.8) is 0 Å². The highest BCUT2D eigenvalue weighted by molar-refractivity contribution is 7.96. The molecule has 0 bridgehead atoms. The minimum atomic E-state index is -0.436. The number of carbonyl (C=O) groups excluding carboxylic acids is 2. The number of rotatable bonds is 8. The van der Waals surface area contributed by atoms with E-state index in [4.69, 9.17) is 0 Å². The number of nitrogens with zero attached hydrogens (tertiary/aromatic N) is 6. The summed E-state index contributed by atoms with van der Waals surface area (Å²) in [4.78, 5) is 23.6. The van der Waals surface area contributed by atoms with Crippen molar-refractivity contribution >= 4 is 23.9 Å². The first kappa shape index (κ1) is 16.9. The topological polar surface area (TPSA) is 144 Å². The molecule has 0 unspecified atom stereocenters. The average Bonchev–Trinajstić information content (AvgIpc) is 3.20. The van der Waals surface area contributed by atoms with Gasteiger partial charge in [-0.05, 0) is 14.1 Å². The van der Waals surface area contributed by atoms with E-state index in [2.05, 4.69) is 41.3 Å². The number of hydrogen-bond donors (Lipinski definition) is 4. The van der Waals surface area contributed by atoms with Crippen molar-refractivity contribution in [3.8, 4) is 0 Å². The Balaban J connectivity index is 1.86. The fourth-order valence-corrected chi connectivity index (χ4v) is 1.95. The largest absolute Gasteiger partial charge is 0.338 e. The second-order valence-corrected chi connectivity index (χ2v) is 4.98. The monoisotopic (exact) mass is 340 g/mol. The fraction of sp³-hybridized carbons (Fsp3) is 0.400. The molecule has 2 aromatic rings. The zero-order chi connectivity index (χ0) is 16.7. The smallest absolute Gasteiger partial charge is 0.284 e. The van der Waals surface area contributed by atoms with Crippen molar-refractivity contribution in [2.75, 3.05) is 20.8 Å². The molecule has 2 heterocycles. The molecule has 0 atom stereocenters. The predicted octanol–water partition coefficient (Wildman–Crippen LogP) is -2.21. The lowest BCUT2D eigenvalue weighted by atomic mass is 10.4. The molecular weight excluding hydrogens is 324 g/mol. The van der Waals surface area contributed by atoms with E-state index in [1.165, 1.54) is 21.2 Å². The Morgan fingerprint density at radius 1 is 1.09 bits per heavy atom. The lowest BCUT2D eigenvalue weighted by molar-refractivity contribution is 0.0944. The molecule has 0 fully saturated rings. The highest BCUT2D eigenvalue weighted by atomic mass is 32.2. The van der Waals surface area contributed by atoms with Crippen molar-refractivity contribution in [3.05, 3.63) is 23.8 Å². The van der Waals surface area contributed by atoms with Gasteiger partial charge in [-0.25, -0.2) is 4.68 Å². The SMILES string of the molecule is CNCNC(=O)c1cn(SNC(=O)c2cn(CNC)nn2)nn1. The van der Waals surface area contributed by atoms with Crippen LogP contribution in [-0.4, -0.2) is 62.0 Å². The summed E-state index contributed by atoms with van der Waals surface area (Å²) in [7, 11) is 3.46. The van der Waals surface area contributed by atoms with Gasteiger partial charge in [0, 0.05) is 0 Å². The van der Waals surface area contributed by atoms with E-state index in [-0.39, 0.29) is 17.3 Å². The average molecular weight is 340 g/mol. The van der Waals surface area contributed by atoms with Crippen molar-refractivity contribution < 1.29 is 9.59 Å². The van der Waals surface area contributed by atoms with E-state index in [0.717, 1.165) is 12.1 Å². The van der Waals surface area contributed by atoms with Crippen LogP contribution in [0.3, 0.4) is 0 Å². The zero-order valence-corrected chi connectivity index (χ0v) is 13.3. The molecule has 13 heteroatoms. The summed E-state index contributed by atoms with van der Waals surface area (Å²) in [6.45, 7) is 0.763.